The maximum Gasteiger partial charge on any atom is 0.337 e. The average molecular weight is 339 g/mol. The van der Waals surface area contributed by atoms with Crippen molar-refractivity contribution in [3.63, 3.8) is 0 Å². The molecule has 2 aromatic rings. The number of ether oxygens (including phenoxy) is 1. The lowest BCUT2D eigenvalue weighted by molar-refractivity contribution is -0.121. The summed E-state index contributed by atoms with van der Waals surface area (Å²) in [6, 6.07) is 15.9. The van der Waals surface area contributed by atoms with Gasteiger partial charge in [0, 0.05) is 24.9 Å². The first-order valence-corrected chi connectivity index (χ1v) is 8.12. The number of nitrogens with one attached hydrogen (secondary N) is 1. The van der Waals surface area contributed by atoms with Crippen molar-refractivity contribution in [3.05, 3.63) is 71.3 Å². The van der Waals surface area contributed by atoms with Crippen molar-refractivity contribution in [1.29, 1.82) is 0 Å². The molecule has 0 aliphatic heterocycles. The maximum atomic E-state index is 11.9. The average Bonchev–Trinajstić information content (AvgIpc) is 2.66. The Balaban J connectivity index is 1.70. The predicted molar refractivity (Wildman–Crippen MR) is 94.3 cm³/mol. The second kappa shape index (κ2) is 9.37. The van der Waals surface area contributed by atoms with Gasteiger partial charge in [0.15, 0.2) is 5.78 Å². The molecule has 0 aliphatic rings. The third-order valence-corrected chi connectivity index (χ3v) is 3.77. The van der Waals surface area contributed by atoms with Gasteiger partial charge in [0.1, 0.15) is 0 Å². The highest BCUT2D eigenvalue weighted by Crippen LogP contribution is 2.08. The Morgan fingerprint density at radius 3 is 2.20 bits per heavy atom. The van der Waals surface area contributed by atoms with Gasteiger partial charge in [0.2, 0.25) is 5.91 Å². The number of ketones is 1. The molecule has 0 fully saturated rings. The number of Topliss-reactive ketones (excluding diaryl/α,β-unsaturated/α-hetero) is 1. The van der Waals surface area contributed by atoms with E-state index in [0.717, 1.165) is 5.56 Å². The van der Waals surface area contributed by atoms with Crippen molar-refractivity contribution in [3.8, 4) is 0 Å². The summed E-state index contributed by atoms with van der Waals surface area (Å²) >= 11 is 0. The minimum atomic E-state index is -0.390. The van der Waals surface area contributed by atoms with Crippen LogP contribution in [-0.2, 0) is 16.1 Å². The summed E-state index contributed by atoms with van der Waals surface area (Å²) in [5.41, 5.74) is 2.03. The van der Waals surface area contributed by atoms with Gasteiger partial charge in [-0.25, -0.2) is 4.79 Å². The highest BCUT2D eigenvalue weighted by Gasteiger charge is 2.08. The fourth-order valence-corrected chi connectivity index (χ4v) is 2.34. The summed E-state index contributed by atoms with van der Waals surface area (Å²) in [5.74, 6) is -0.441. The van der Waals surface area contributed by atoms with E-state index in [-0.39, 0.29) is 11.7 Å². The standard InChI is InChI=1S/C20H21NO4/c1-25-20(24)17-12-10-15(11-13-17)14-21-19(23)9-5-8-18(22)16-6-3-2-4-7-16/h2-4,6-7,10-13H,5,8-9,14H2,1H3,(H,21,23). The predicted octanol–water partition coefficient (Wildman–Crippen LogP) is 3.14. The molecule has 5 heteroatoms. The molecule has 1 amide bonds. The quantitative estimate of drug-likeness (QED) is 0.592. The molecule has 0 heterocycles. The molecule has 25 heavy (non-hydrogen) atoms. The fraction of sp³-hybridized carbons (Fsp3) is 0.250. The van der Waals surface area contributed by atoms with Gasteiger partial charge in [-0.3, -0.25) is 9.59 Å². The summed E-state index contributed by atoms with van der Waals surface area (Å²) < 4.78 is 4.63. The molecular formula is C20H21NO4. The second-order valence-corrected chi connectivity index (χ2v) is 5.61. The van der Waals surface area contributed by atoms with E-state index in [1.54, 1.807) is 36.4 Å². The van der Waals surface area contributed by atoms with Gasteiger partial charge in [-0.15, -0.1) is 0 Å². The first-order chi connectivity index (χ1) is 12.1. The minimum Gasteiger partial charge on any atom is -0.465 e. The van der Waals surface area contributed by atoms with Gasteiger partial charge in [0.05, 0.1) is 12.7 Å². The molecule has 0 bridgehead atoms. The molecule has 0 atom stereocenters. The monoisotopic (exact) mass is 339 g/mol. The molecule has 0 spiro atoms. The van der Waals surface area contributed by atoms with E-state index in [1.807, 2.05) is 18.2 Å². The van der Waals surface area contributed by atoms with Gasteiger partial charge in [-0.05, 0) is 24.1 Å². The third kappa shape index (κ3) is 5.88. The molecular weight excluding hydrogens is 318 g/mol. The van der Waals surface area contributed by atoms with Crippen LogP contribution in [0.5, 0.6) is 0 Å². The number of esters is 1. The van der Waals surface area contributed by atoms with Crippen molar-refractivity contribution < 1.29 is 19.1 Å². The number of rotatable bonds is 8. The zero-order valence-corrected chi connectivity index (χ0v) is 14.2. The van der Waals surface area contributed by atoms with Gasteiger partial charge < -0.3 is 10.1 Å². The minimum absolute atomic E-state index is 0.0480. The molecule has 0 aliphatic carbocycles. The molecule has 0 unspecified atom stereocenters. The molecule has 2 aromatic carbocycles. The van der Waals surface area contributed by atoms with E-state index in [9.17, 15) is 14.4 Å². The van der Waals surface area contributed by atoms with Crippen molar-refractivity contribution in [2.24, 2.45) is 0 Å². The molecule has 0 aromatic heterocycles. The topological polar surface area (TPSA) is 72.5 Å². The second-order valence-electron chi connectivity index (χ2n) is 5.61. The number of benzene rings is 2. The van der Waals surface area contributed by atoms with Crippen LogP contribution < -0.4 is 5.32 Å². The van der Waals surface area contributed by atoms with E-state index in [2.05, 4.69) is 10.1 Å². The van der Waals surface area contributed by atoms with Gasteiger partial charge >= 0.3 is 5.97 Å². The van der Waals surface area contributed by atoms with E-state index < -0.39 is 5.97 Å². The van der Waals surface area contributed by atoms with E-state index in [1.165, 1.54) is 7.11 Å². The van der Waals surface area contributed by atoms with Crippen LogP contribution in [0.15, 0.2) is 54.6 Å². The first kappa shape index (κ1) is 18.4. The van der Waals surface area contributed by atoms with Crippen molar-refractivity contribution in [1.82, 2.24) is 5.32 Å². The smallest absolute Gasteiger partial charge is 0.337 e. The van der Waals surface area contributed by atoms with Crippen LogP contribution in [0.3, 0.4) is 0 Å². The number of hydrogen-bond acceptors (Lipinski definition) is 4. The lowest BCUT2D eigenvalue weighted by atomic mass is 10.1. The number of hydrogen-bond donors (Lipinski definition) is 1. The zero-order chi connectivity index (χ0) is 18.1. The van der Waals surface area contributed by atoms with Crippen LogP contribution in [0.4, 0.5) is 0 Å². The summed E-state index contributed by atoms with van der Waals surface area (Å²) in [6.45, 7) is 0.382. The Bertz CT molecular complexity index is 723. The zero-order valence-electron chi connectivity index (χ0n) is 14.2. The van der Waals surface area contributed by atoms with Crippen molar-refractivity contribution >= 4 is 17.7 Å². The van der Waals surface area contributed by atoms with Gasteiger partial charge in [-0.1, -0.05) is 42.5 Å². The van der Waals surface area contributed by atoms with Crippen LogP contribution >= 0.6 is 0 Å². The summed E-state index contributed by atoms with van der Waals surface area (Å²) in [6.07, 6.45) is 1.17. The lowest BCUT2D eigenvalue weighted by Gasteiger charge is -2.06. The normalized spacial score (nSPS) is 10.1. The maximum absolute atomic E-state index is 11.9. The number of carbonyl (C=O) groups excluding carboxylic acids is 3. The van der Waals surface area contributed by atoms with Crippen LogP contribution in [0.1, 0.15) is 45.5 Å². The van der Waals surface area contributed by atoms with Crippen molar-refractivity contribution in [2.45, 2.75) is 25.8 Å². The molecule has 0 radical (unpaired) electrons. The first-order valence-electron chi connectivity index (χ1n) is 8.12. The fourth-order valence-electron chi connectivity index (χ4n) is 2.34. The van der Waals surface area contributed by atoms with Crippen LogP contribution in [0, 0.1) is 0 Å². The Labute approximate surface area is 147 Å². The Kier molecular flexibility index (Phi) is 6.89. The van der Waals surface area contributed by atoms with Crippen LogP contribution in [0.2, 0.25) is 0 Å². The SMILES string of the molecule is COC(=O)c1ccc(CNC(=O)CCCC(=O)c2ccccc2)cc1. The van der Waals surface area contributed by atoms with Crippen LogP contribution in [0.25, 0.3) is 0 Å². The Morgan fingerprint density at radius 2 is 1.56 bits per heavy atom. The molecule has 2 rings (SSSR count). The summed E-state index contributed by atoms with van der Waals surface area (Å²) in [5, 5.41) is 2.81. The molecule has 5 nitrogen and oxygen atoms in total. The van der Waals surface area contributed by atoms with E-state index in [0.29, 0.717) is 36.9 Å². The van der Waals surface area contributed by atoms with Gasteiger partial charge in [-0.2, -0.15) is 0 Å². The molecule has 130 valence electrons. The number of amides is 1. The third-order valence-electron chi connectivity index (χ3n) is 3.77. The lowest BCUT2D eigenvalue weighted by Crippen LogP contribution is -2.22. The highest BCUT2D eigenvalue weighted by atomic mass is 16.5. The largest absolute Gasteiger partial charge is 0.465 e. The highest BCUT2D eigenvalue weighted by molar-refractivity contribution is 5.96. The van der Waals surface area contributed by atoms with E-state index in [4.69, 9.17) is 0 Å². The van der Waals surface area contributed by atoms with Crippen LogP contribution in [-0.4, -0.2) is 24.8 Å². The molecule has 1 N–H and O–H groups in total. The molecule has 0 saturated heterocycles. The summed E-state index contributed by atoms with van der Waals surface area (Å²) in [4.78, 5) is 35.2. The van der Waals surface area contributed by atoms with Crippen molar-refractivity contribution in [2.75, 3.05) is 7.11 Å². The van der Waals surface area contributed by atoms with E-state index >= 15 is 0 Å². The van der Waals surface area contributed by atoms with Gasteiger partial charge in [0.25, 0.3) is 0 Å². The Morgan fingerprint density at radius 1 is 0.880 bits per heavy atom. The summed E-state index contributed by atoms with van der Waals surface area (Å²) in [7, 11) is 1.33. The number of carbonyl (C=O) groups is 3. The molecule has 0 saturated carbocycles. The Hall–Kier alpha value is -2.95. The number of methoxy groups -OCH3 is 1.